The molecule has 118 valence electrons. The summed E-state index contributed by atoms with van der Waals surface area (Å²) in [7, 11) is 0. The van der Waals surface area contributed by atoms with Crippen LogP contribution in [0, 0.1) is 11.6 Å². The van der Waals surface area contributed by atoms with Gasteiger partial charge < -0.3 is 14.4 Å². The van der Waals surface area contributed by atoms with E-state index in [-0.39, 0.29) is 4.47 Å². The number of hydrogen-bond donors (Lipinski definition) is 0. The van der Waals surface area contributed by atoms with Crippen molar-refractivity contribution in [3.05, 3.63) is 28.2 Å². The van der Waals surface area contributed by atoms with E-state index >= 15 is 0 Å². The fourth-order valence-corrected chi connectivity index (χ4v) is 2.94. The van der Waals surface area contributed by atoms with Gasteiger partial charge in [-0.2, -0.15) is 0 Å². The van der Waals surface area contributed by atoms with E-state index in [0.29, 0.717) is 44.8 Å². The second-order valence-electron chi connectivity index (χ2n) is 4.81. The Morgan fingerprint density at radius 1 is 1.05 bits per heavy atom. The van der Waals surface area contributed by atoms with Gasteiger partial charge in [-0.05, 0) is 22.0 Å². The zero-order valence-electron chi connectivity index (χ0n) is 12.3. The first-order valence-electron chi connectivity index (χ1n) is 7.27. The second kappa shape index (κ2) is 7.03. The zero-order valence-corrected chi connectivity index (χ0v) is 13.9. The summed E-state index contributed by atoms with van der Waals surface area (Å²) in [5.41, 5.74) is 0.300. The van der Waals surface area contributed by atoms with E-state index in [2.05, 4.69) is 15.9 Å². The van der Waals surface area contributed by atoms with Crippen molar-refractivity contribution in [3.63, 3.8) is 0 Å². The maximum absolute atomic E-state index is 13.9. The smallest absolute Gasteiger partial charge is 0.171 e. The molecule has 21 heavy (non-hydrogen) atoms. The van der Waals surface area contributed by atoms with Crippen molar-refractivity contribution < 1.29 is 18.3 Å². The van der Waals surface area contributed by atoms with Gasteiger partial charge in [0, 0.05) is 32.0 Å². The lowest BCUT2D eigenvalue weighted by Crippen LogP contribution is -2.45. The number of anilines is 1. The Bertz CT molecular complexity index is 483. The number of benzene rings is 1. The Labute approximate surface area is 132 Å². The molecule has 0 atom stereocenters. The minimum Gasteiger partial charge on any atom is -0.369 e. The molecule has 2 aliphatic heterocycles. The Morgan fingerprint density at radius 3 is 2.19 bits per heavy atom. The van der Waals surface area contributed by atoms with Crippen molar-refractivity contribution in [2.45, 2.75) is 32.5 Å². The molecule has 0 aromatic heterocycles. The molecule has 1 aromatic carbocycles. The molecule has 0 N–H and O–H groups in total. The summed E-state index contributed by atoms with van der Waals surface area (Å²) >= 11 is 2.98. The van der Waals surface area contributed by atoms with Crippen LogP contribution < -0.4 is 4.90 Å². The molecule has 3 rings (SSSR count). The molecule has 2 saturated heterocycles. The van der Waals surface area contributed by atoms with Gasteiger partial charge in [0.25, 0.3) is 0 Å². The van der Waals surface area contributed by atoms with Crippen LogP contribution in [0.15, 0.2) is 16.6 Å². The van der Waals surface area contributed by atoms with Gasteiger partial charge in [0.05, 0.1) is 23.4 Å². The van der Waals surface area contributed by atoms with Gasteiger partial charge in [0.1, 0.15) is 11.6 Å². The monoisotopic (exact) mass is 363 g/mol. The number of rotatable bonds is 1. The topological polar surface area (TPSA) is 21.7 Å². The van der Waals surface area contributed by atoms with E-state index in [1.54, 1.807) is 0 Å². The van der Waals surface area contributed by atoms with Gasteiger partial charge in [0.15, 0.2) is 5.79 Å². The Kier molecular flexibility index (Phi) is 5.57. The first-order chi connectivity index (χ1) is 10.1. The lowest BCUT2D eigenvalue weighted by atomic mass is 10.0. The fourth-order valence-electron chi connectivity index (χ4n) is 2.63. The fraction of sp³-hybridized carbons (Fsp3) is 0.600. The summed E-state index contributed by atoms with van der Waals surface area (Å²) in [5.74, 6) is -1.37. The third kappa shape index (κ3) is 3.55. The van der Waals surface area contributed by atoms with Crippen LogP contribution in [0.2, 0.25) is 0 Å². The first kappa shape index (κ1) is 16.6. The van der Waals surface area contributed by atoms with Crippen molar-refractivity contribution in [2.75, 3.05) is 31.2 Å². The van der Waals surface area contributed by atoms with E-state index in [1.807, 2.05) is 18.7 Å². The van der Waals surface area contributed by atoms with Gasteiger partial charge in [0.2, 0.25) is 0 Å². The van der Waals surface area contributed by atoms with Gasteiger partial charge in [-0.3, -0.25) is 0 Å². The first-order valence-corrected chi connectivity index (χ1v) is 8.06. The summed E-state index contributed by atoms with van der Waals surface area (Å²) in [6.45, 7) is 6.42. The predicted octanol–water partition coefficient (Wildman–Crippen LogP) is 4.10. The van der Waals surface area contributed by atoms with E-state index < -0.39 is 17.4 Å². The SMILES string of the molecule is CC.Fc1cc(N2CCC3(CC2)OCCO3)c(F)cc1Br. The largest absolute Gasteiger partial charge is 0.369 e. The van der Waals surface area contributed by atoms with Crippen LogP contribution in [0.4, 0.5) is 14.5 Å². The highest BCUT2D eigenvalue weighted by molar-refractivity contribution is 9.10. The number of piperidine rings is 1. The van der Waals surface area contributed by atoms with Crippen LogP contribution in [-0.4, -0.2) is 32.1 Å². The Hall–Kier alpha value is -0.720. The van der Waals surface area contributed by atoms with Gasteiger partial charge in [-0.25, -0.2) is 8.78 Å². The summed E-state index contributed by atoms with van der Waals surface area (Å²) in [6.07, 6.45) is 1.34. The molecule has 0 unspecified atom stereocenters. The molecule has 0 radical (unpaired) electrons. The number of hydrogen-bond acceptors (Lipinski definition) is 3. The minimum absolute atomic E-state index is 0.143. The zero-order chi connectivity index (χ0) is 15.5. The van der Waals surface area contributed by atoms with Crippen LogP contribution in [0.25, 0.3) is 0 Å². The van der Waals surface area contributed by atoms with Crippen LogP contribution >= 0.6 is 15.9 Å². The van der Waals surface area contributed by atoms with Crippen molar-refractivity contribution in [1.29, 1.82) is 0 Å². The van der Waals surface area contributed by atoms with Gasteiger partial charge >= 0.3 is 0 Å². The van der Waals surface area contributed by atoms with E-state index in [4.69, 9.17) is 9.47 Å². The van der Waals surface area contributed by atoms with Crippen LogP contribution in [-0.2, 0) is 9.47 Å². The Balaban J connectivity index is 0.000000774. The maximum Gasteiger partial charge on any atom is 0.171 e. The third-order valence-electron chi connectivity index (χ3n) is 3.67. The van der Waals surface area contributed by atoms with Crippen molar-refractivity contribution in [1.82, 2.24) is 0 Å². The quantitative estimate of drug-likeness (QED) is 0.701. The highest BCUT2D eigenvalue weighted by Gasteiger charge is 2.40. The average molecular weight is 364 g/mol. The number of halogens is 3. The minimum atomic E-state index is -0.499. The van der Waals surface area contributed by atoms with Crippen LogP contribution in [0.5, 0.6) is 0 Å². The highest BCUT2D eigenvalue weighted by atomic mass is 79.9. The number of nitrogens with zero attached hydrogens (tertiary/aromatic N) is 1. The predicted molar refractivity (Wildman–Crippen MR) is 81.5 cm³/mol. The maximum atomic E-state index is 13.9. The van der Waals surface area contributed by atoms with E-state index in [9.17, 15) is 8.78 Å². The molecule has 0 amide bonds. The lowest BCUT2D eigenvalue weighted by Gasteiger charge is -2.38. The highest BCUT2D eigenvalue weighted by Crippen LogP contribution is 2.35. The third-order valence-corrected chi connectivity index (χ3v) is 4.28. The molecule has 1 aromatic rings. The van der Waals surface area contributed by atoms with E-state index in [0.717, 1.165) is 6.07 Å². The van der Waals surface area contributed by atoms with Crippen molar-refractivity contribution in [3.8, 4) is 0 Å². The number of ether oxygens (including phenoxy) is 2. The molecule has 0 saturated carbocycles. The molecule has 0 bridgehead atoms. The summed E-state index contributed by atoms with van der Waals surface area (Å²) < 4.78 is 38.8. The van der Waals surface area contributed by atoms with Crippen LogP contribution in [0.3, 0.4) is 0 Å². The van der Waals surface area contributed by atoms with Crippen molar-refractivity contribution >= 4 is 21.6 Å². The van der Waals surface area contributed by atoms with Crippen molar-refractivity contribution in [2.24, 2.45) is 0 Å². The molecule has 3 nitrogen and oxygen atoms in total. The molecule has 2 fully saturated rings. The molecular formula is C15H20BrF2NO2. The van der Waals surface area contributed by atoms with Crippen LogP contribution in [0.1, 0.15) is 26.7 Å². The molecule has 0 aliphatic carbocycles. The molecule has 6 heteroatoms. The summed E-state index contributed by atoms with van der Waals surface area (Å²) in [4.78, 5) is 1.83. The lowest BCUT2D eigenvalue weighted by molar-refractivity contribution is -0.169. The second-order valence-corrected chi connectivity index (χ2v) is 5.67. The Morgan fingerprint density at radius 2 is 1.62 bits per heavy atom. The van der Waals surface area contributed by atoms with E-state index in [1.165, 1.54) is 6.07 Å². The van der Waals surface area contributed by atoms with Gasteiger partial charge in [-0.15, -0.1) is 0 Å². The molecular weight excluding hydrogens is 344 g/mol. The normalized spacial score (nSPS) is 20.3. The summed E-state index contributed by atoms with van der Waals surface area (Å²) in [5, 5.41) is 0. The average Bonchev–Trinajstić information content (AvgIpc) is 2.95. The molecule has 2 heterocycles. The molecule has 1 spiro atoms. The molecule has 2 aliphatic rings. The van der Waals surface area contributed by atoms with Gasteiger partial charge in [-0.1, -0.05) is 13.8 Å². The summed E-state index contributed by atoms with van der Waals surface area (Å²) in [6, 6.07) is 2.39. The standard InChI is InChI=1S/C13H14BrF2NO2.C2H6/c14-9-7-11(16)12(8-10(9)15)17-3-1-13(2-4-17)18-5-6-19-13;1-2/h7-8H,1-6H2;1-2H3.